The van der Waals surface area contributed by atoms with Crippen LogP contribution < -0.4 is 29.6 Å². The van der Waals surface area contributed by atoms with Crippen molar-refractivity contribution in [2.24, 2.45) is 0 Å². The smallest absolute Gasteiger partial charge is 0.744 e. The Hall–Kier alpha value is -1.06. The van der Waals surface area contributed by atoms with Gasteiger partial charge in [0.05, 0.1) is 4.90 Å². The molecule has 0 saturated heterocycles. The van der Waals surface area contributed by atoms with Gasteiger partial charge in [-0.05, 0) is 12.1 Å². The summed E-state index contributed by atoms with van der Waals surface area (Å²) in [5.74, 6) is 0. The van der Waals surface area contributed by atoms with Crippen molar-refractivity contribution < 1.29 is 55.5 Å². The molecule has 21 heavy (non-hydrogen) atoms. The summed E-state index contributed by atoms with van der Waals surface area (Å²) in [4.78, 5) is 1.12. The molecule has 0 atom stereocenters. The summed E-state index contributed by atoms with van der Waals surface area (Å²) >= 11 is 0. The quantitative estimate of drug-likeness (QED) is 0.355. The second kappa shape index (κ2) is 5.98. The van der Waals surface area contributed by atoms with Gasteiger partial charge >= 0.3 is 35.2 Å². The summed E-state index contributed by atoms with van der Waals surface area (Å²) in [6.45, 7) is 0. The Bertz CT molecular complexity index is 963. The number of hydrogen-bond donors (Lipinski definition) is 0. The van der Waals surface area contributed by atoms with E-state index in [1.165, 1.54) is 0 Å². The monoisotopic (exact) mass is 336 g/mol. The van der Waals surface area contributed by atoms with Crippen molar-refractivity contribution in [1.82, 2.24) is 0 Å². The van der Waals surface area contributed by atoms with Crippen LogP contribution in [0.1, 0.15) is 0 Å². The molecule has 0 aliphatic heterocycles. The van der Waals surface area contributed by atoms with Crippen molar-refractivity contribution in [2.45, 2.75) is 9.79 Å². The van der Waals surface area contributed by atoms with Gasteiger partial charge in [-0.2, -0.15) is 0 Å². The Balaban J connectivity index is 0.00000220. The van der Waals surface area contributed by atoms with Crippen LogP contribution >= 0.6 is 0 Å². The molecule has 0 heterocycles. The molecule has 0 N–H and O–H groups in total. The Kier molecular flexibility index (Phi) is 5.12. The molecule has 0 spiro atoms. The Morgan fingerprint density at radius 3 is 2.00 bits per heavy atom. The minimum Gasteiger partial charge on any atom is -0.744 e. The summed E-state index contributed by atoms with van der Waals surface area (Å²) in [5, 5.41) is 8.18. The van der Waals surface area contributed by atoms with Crippen LogP contribution in [-0.2, 0) is 20.2 Å². The molecule has 0 bridgehead atoms. The van der Waals surface area contributed by atoms with E-state index in [1.54, 1.807) is 0 Å². The molecular formula is C10H5N2NaO6S2. The maximum atomic E-state index is 11.2. The zero-order chi connectivity index (χ0) is 15.1. The van der Waals surface area contributed by atoms with E-state index in [2.05, 4.69) is 4.98 Å². The van der Waals surface area contributed by atoms with E-state index in [-0.39, 0.29) is 40.3 Å². The van der Waals surface area contributed by atoms with Crippen LogP contribution in [-0.4, -0.2) is 25.9 Å². The summed E-state index contributed by atoms with van der Waals surface area (Å²) in [6, 6.07) is 5.26. The minimum absolute atomic E-state index is 0. The van der Waals surface area contributed by atoms with E-state index in [4.69, 9.17) is 5.39 Å². The van der Waals surface area contributed by atoms with E-state index < -0.39 is 35.7 Å². The minimum atomic E-state index is -5.04. The molecule has 0 unspecified atom stereocenters. The Labute approximate surface area is 142 Å². The largest absolute Gasteiger partial charge is 1.00 e. The molecule has 2 rings (SSSR count). The predicted molar refractivity (Wildman–Crippen MR) is 64.6 cm³/mol. The summed E-state index contributed by atoms with van der Waals surface area (Å²) < 4.78 is 67.0. The van der Waals surface area contributed by atoms with Crippen LogP contribution in [0.5, 0.6) is 0 Å². The third-order valence-corrected chi connectivity index (χ3v) is 4.40. The van der Waals surface area contributed by atoms with Crippen LogP contribution in [0.4, 0.5) is 5.69 Å². The molecule has 2 aromatic rings. The van der Waals surface area contributed by atoms with Crippen molar-refractivity contribution in [2.75, 3.05) is 0 Å². The van der Waals surface area contributed by atoms with E-state index in [0.29, 0.717) is 0 Å². The SMILES string of the molecule is N#[N+]c1ccc2c(S(=O)(=O)[O-])cccc2c1S(=O)(=O)[O-].[Na+]. The summed E-state index contributed by atoms with van der Waals surface area (Å²) in [7, 11) is -9.89. The first-order valence-electron chi connectivity index (χ1n) is 4.99. The molecule has 0 radical (unpaired) electrons. The number of hydrogen-bond acceptors (Lipinski definition) is 7. The van der Waals surface area contributed by atoms with Crippen LogP contribution in [0.25, 0.3) is 15.7 Å². The van der Waals surface area contributed by atoms with Crippen LogP contribution in [0.15, 0.2) is 40.1 Å². The number of nitrogens with zero attached hydrogens (tertiary/aromatic N) is 2. The van der Waals surface area contributed by atoms with Crippen LogP contribution in [0.2, 0.25) is 0 Å². The van der Waals surface area contributed by atoms with Crippen LogP contribution in [0, 0.1) is 5.39 Å². The molecule has 0 saturated carbocycles. The number of diazo groups is 1. The second-order valence-electron chi connectivity index (χ2n) is 3.77. The summed E-state index contributed by atoms with van der Waals surface area (Å²) in [6.07, 6.45) is 0. The maximum absolute atomic E-state index is 11.2. The first-order valence-corrected chi connectivity index (χ1v) is 7.80. The zero-order valence-corrected chi connectivity index (χ0v) is 14.2. The van der Waals surface area contributed by atoms with Gasteiger partial charge in [-0.25, -0.2) is 16.8 Å². The predicted octanol–water partition coefficient (Wildman–Crippen LogP) is -1.86. The van der Waals surface area contributed by atoms with Crippen molar-refractivity contribution in [3.8, 4) is 0 Å². The van der Waals surface area contributed by atoms with Gasteiger partial charge < -0.3 is 9.11 Å². The van der Waals surface area contributed by atoms with Crippen LogP contribution in [0.3, 0.4) is 0 Å². The molecule has 8 nitrogen and oxygen atoms in total. The number of benzene rings is 2. The molecule has 0 aliphatic rings. The Morgan fingerprint density at radius 1 is 0.905 bits per heavy atom. The average Bonchev–Trinajstić information content (AvgIpc) is 2.34. The Morgan fingerprint density at radius 2 is 1.52 bits per heavy atom. The van der Waals surface area contributed by atoms with Gasteiger partial charge in [0, 0.05) is 16.8 Å². The van der Waals surface area contributed by atoms with Crippen molar-refractivity contribution in [1.29, 1.82) is 5.39 Å². The number of fused-ring (bicyclic) bond motifs is 1. The van der Waals surface area contributed by atoms with Gasteiger partial charge in [0.2, 0.25) is 5.39 Å². The average molecular weight is 336 g/mol. The third kappa shape index (κ3) is 3.41. The molecule has 104 valence electrons. The van der Waals surface area contributed by atoms with E-state index >= 15 is 0 Å². The molecular weight excluding hydrogens is 331 g/mol. The number of rotatable bonds is 2. The molecule has 11 heteroatoms. The first kappa shape index (κ1) is 18.0. The van der Waals surface area contributed by atoms with Crippen molar-refractivity contribution in [3.63, 3.8) is 0 Å². The normalized spacial score (nSPS) is 11.7. The zero-order valence-electron chi connectivity index (χ0n) is 10.5. The molecule has 0 fully saturated rings. The van der Waals surface area contributed by atoms with Gasteiger partial charge in [0.1, 0.15) is 20.2 Å². The van der Waals surface area contributed by atoms with Gasteiger partial charge in [0.15, 0.2) is 9.87 Å². The fraction of sp³-hybridized carbons (Fsp3) is 0. The molecule has 0 aliphatic carbocycles. The van der Waals surface area contributed by atoms with Crippen molar-refractivity contribution in [3.05, 3.63) is 35.3 Å². The van der Waals surface area contributed by atoms with Crippen molar-refractivity contribution >= 4 is 36.7 Å². The topological polar surface area (TPSA) is 143 Å². The maximum Gasteiger partial charge on any atom is 1.00 e. The third-order valence-electron chi connectivity index (χ3n) is 2.58. The summed E-state index contributed by atoms with van der Waals surface area (Å²) in [5.41, 5.74) is -0.534. The van der Waals surface area contributed by atoms with Gasteiger partial charge in [0.25, 0.3) is 0 Å². The van der Waals surface area contributed by atoms with Gasteiger partial charge in [-0.15, -0.1) is 0 Å². The van der Waals surface area contributed by atoms with Gasteiger partial charge in [-0.1, -0.05) is 12.1 Å². The molecule has 0 amide bonds. The van der Waals surface area contributed by atoms with Gasteiger partial charge in [-0.3, -0.25) is 0 Å². The second-order valence-corrected chi connectivity index (χ2v) is 6.44. The molecule has 2 aromatic carbocycles. The van der Waals surface area contributed by atoms with E-state index in [1.807, 2.05) is 0 Å². The van der Waals surface area contributed by atoms with E-state index in [9.17, 15) is 25.9 Å². The molecule has 0 aromatic heterocycles. The fourth-order valence-corrected chi connectivity index (χ4v) is 3.35. The fourth-order valence-electron chi connectivity index (χ4n) is 1.85. The standard InChI is InChI=1S/C10H6N2O6S2.Na/c11-12-8-5-4-6-7(10(8)20(16,17)18)2-1-3-9(6)19(13,14)15;/h1-5H,(H-,13,14,15,16,17,18);/q;+1/p-1. The first-order chi connectivity index (χ1) is 9.16. The van der Waals surface area contributed by atoms with E-state index in [0.717, 1.165) is 30.3 Å².